The van der Waals surface area contributed by atoms with Crippen LogP contribution < -0.4 is 5.32 Å². The summed E-state index contributed by atoms with van der Waals surface area (Å²) in [6.45, 7) is 2.18. The summed E-state index contributed by atoms with van der Waals surface area (Å²) in [5, 5.41) is 5.60. The highest BCUT2D eigenvalue weighted by Crippen LogP contribution is 2.36. The highest BCUT2D eigenvalue weighted by atomic mass is 32.1. The molecular formula is C15H15NS2. The molecule has 0 bridgehead atoms. The fraction of sp³-hybridized carbons (Fsp3) is 0.200. The van der Waals surface area contributed by atoms with Gasteiger partial charge in [-0.15, -0.1) is 22.7 Å². The maximum absolute atomic E-state index is 3.44. The number of thiophene rings is 2. The van der Waals surface area contributed by atoms with Crippen molar-refractivity contribution >= 4 is 32.1 Å². The molecule has 0 aliphatic carbocycles. The molecule has 1 N–H and O–H groups in total. The van der Waals surface area contributed by atoms with Gasteiger partial charge in [0, 0.05) is 14.3 Å². The highest BCUT2D eigenvalue weighted by Gasteiger charge is 2.16. The number of rotatable bonds is 3. The molecule has 92 valence electrons. The summed E-state index contributed by atoms with van der Waals surface area (Å²) >= 11 is 3.71. The number of fused-ring (bicyclic) bond motifs is 1. The molecule has 1 nitrogen and oxygen atoms in total. The minimum Gasteiger partial charge on any atom is -0.309 e. The molecule has 1 unspecified atom stereocenters. The lowest BCUT2D eigenvalue weighted by Gasteiger charge is -2.17. The lowest BCUT2D eigenvalue weighted by Crippen LogP contribution is -2.17. The van der Waals surface area contributed by atoms with E-state index in [4.69, 9.17) is 0 Å². The molecule has 3 heteroatoms. The number of hydrogen-bond donors (Lipinski definition) is 1. The monoisotopic (exact) mass is 273 g/mol. The largest absolute Gasteiger partial charge is 0.309 e. The van der Waals surface area contributed by atoms with Crippen molar-refractivity contribution in [2.24, 2.45) is 0 Å². The van der Waals surface area contributed by atoms with E-state index in [1.165, 1.54) is 25.4 Å². The van der Waals surface area contributed by atoms with Crippen LogP contribution in [0.15, 0.2) is 41.8 Å². The normalized spacial score (nSPS) is 13.0. The number of hydrogen-bond acceptors (Lipinski definition) is 3. The van der Waals surface area contributed by atoms with Gasteiger partial charge in [-0.1, -0.05) is 24.3 Å². The molecule has 0 aliphatic heterocycles. The minimum absolute atomic E-state index is 0.302. The first-order chi connectivity index (χ1) is 8.79. The van der Waals surface area contributed by atoms with Crippen LogP contribution in [0.25, 0.3) is 9.40 Å². The Kier molecular flexibility index (Phi) is 3.20. The predicted molar refractivity (Wildman–Crippen MR) is 81.8 cm³/mol. The van der Waals surface area contributed by atoms with Crippen molar-refractivity contribution < 1.29 is 0 Å². The molecule has 0 spiro atoms. The van der Waals surface area contributed by atoms with Crippen LogP contribution >= 0.6 is 22.7 Å². The van der Waals surface area contributed by atoms with E-state index in [9.17, 15) is 0 Å². The molecular weight excluding hydrogens is 258 g/mol. The van der Waals surface area contributed by atoms with Crippen molar-refractivity contribution in [3.05, 3.63) is 57.8 Å². The van der Waals surface area contributed by atoms with Crippen LogP contribution in [-0.4, -0.2) is 7.05 Å². The third-order valence-corrected chi connectivity index (χ3v) is 5.39. The van der Waals surface area contributed by atoms with Gasteiger partial charge in [0.2, 0.25) is 0 Å². The highest BCUT2D eigenvalue weighted by molar-refractivity contribution is 7.27. The second kappa shape index (κ2) is 4.84. The lowest BCUT2D eigenvalue weighted by molar-refractivity contribution is 0.700. The van der Waals surface area contributed by atoms with E-state index in [0.29, 0.717) is 6.04 Å². The van der Waals surface area contributed by atoms with E-state index in [1.807, 2.05) is 29.7 Å². The molecule has 1 aromatic carbocycles. The molecule has 0 fully saturated rings. The van der Waals surface area contributed by atoms with Crippen LogP contribution in [-0.2, 0) is 0 Å². The molecule has 3 rings (SSSR count). The van der Waals surface area contributed by atoms with Gasteiger partial charge in [0.15, 0.2) is 0 Å². The lowest BCUT2D eigenvalue weighted by atomic mass is 10.0. The fourth-order valence-electron chi connectivity index (χ4n) is 2.29. The van der Waals surface area contributed by atoms with Crippen LogP contribution in [0, 0.1) is 6.92 Å². The Hall–Kier alpha value is -1.16. The molecule has 3 aromatic rings. The van der Waals surface area contributed by atoms with Crippen molar-refractivity contribution in [2.75, 3.05) is 7.05 Å². The summed E-state index contributed by atoms with van der Waals surface area (Å²) < 4.78 is 2.78. The van der Waals surface area contributed by atoms with Crippen LogP contribution in [0.5, 0.6) is 0 Å². The van der Waals surface area contributed by atoms with Gasteiger partial charge < -0.3 is 5.32 Å². The molecule has 0 saturated heterocycles. The zero-order valence-electron chi connectivity index (χ0n) is 10.4. The maximum Gasteiger partial charge on any atom is 0.0671 e. The average Bonchev–Trinajstić information content (AvgIpc) is 2.93. The predicted octanol–water partition coefficient (Wildman–Crippen LogP) is 4.58. The zero-order chi connectivity index (χ0) is 12.5. The standard InChI is InChI=1S/C15H15NS2/c1-10-5-3-4-6-11(10)15(16-2)14-9-13-12(18-14)7-8-17-13/h3-9,15-16H,1-2H3. The Morgan fingerprint density at radius 1 is 1.11 bits per heavy atom. The molecule has 1 atom stereocenters. The van der Waals surface area contributed by atoms with E-state index in [2.05, 4.69) is 54.0 Å². The van der Waals surface area contributed by atoms with E-state index in [1.54, 1.807) is 0 Å². The summed E-state index contributed by atoms with van der Waals surface area (Å²) in [5.41, 5.74) is 2.71. The third kappa shape index (κ3) is 1.99. The van der Waals surface area contributed by atoms with Crippen LogP contribution in [0.1, 0.15) is 22.0 Å². The van der Waals surface area contributed by atoms with E-state index < -0.39 is 0 Å². The summed E-state index contributed by atoms with van der Waals surface area (Å²) in [4.78, 5) is 1.40. The van der Waals surface area contributed by atoms with Crippen molar-refractivity contribution in [1.82, 2.24) is 5.32 Å². The molecule has 0 amide bonds. The smallest absolute Gasteiger partial charge is 0.0671 e. The summed E-state index contributed by atoms with van der Waals surface area (Å²) in [5.74, 6) is 0. The van der Waals surface area contributed by atoms with Gasteiger partial charge in [-0.05, 0) is 42.6 Å². The Labute approximate surface area is 115 Å². The quantitative estimate of drug-likeness (QED) is 0.736. The first-order valence-electron chi connectivity index (χ1n) is 5.99. The minimum atomic E-state index is 0.302. The fourth-order valence-corrected chi connectivity index (χ4v) is 4.54. The Bertz CT molecular complexity index is 637. The Morgan fingerprint density at radius 3 is 2.67 bits per heavy atom. The van der Waals surface area contributed by atoms with Crippen LogP contribution in [0.4, 0.5) is 0 Å². The number of nitrogens with one attached hydrogen (secondary N) is 1. The molecule has 0 aliphatic rings. The Balaban J connectivity index is 2.07. The van der Waals surface area contributed by atoms with E-state index in [-0.39, 0.29) is 0 Å². The van der Waals surface area contributed by atoms with Crippen molar-refractivity contribution in [3.8, 4) is 0 Å². The van der Waals surface area contributed by atoms with Gasteiger partial charge in [-0.3, -0.25) is 0 Å². The maximum atomic E-state index is 3.44. The summed E-state index contributed by atoms with van der Waals surface area (Å²) in [7, 11) is 2.03. The van der Waals surface area contributed by atoms with Crippen LogP contribution in [0.2, 0.25) is 0 Å². The second-order valence-electron chi connectivity index (χ2n) is 4.38. The van der Waals surface area contributed by atoms with Gasteiger partial charge in [-0.2, -0.15) is 0 Å². The summed E-state index contributed by atoms with van der Waals surface area (Å²) in [6.07, 6.45) is 0. The van der Waals surface area contributed by atoms with E-state index >= 15 is 0 Å². The van der Waals surface area contributed by atoms with Crippen molar-refractivity contribution in [2.45, 2.75) is 13.0 Å². The molecule has 2 heterocycles. The number of aryl methyl sites for hydroxylation is 1. The van der Waals surface area contributed by atoms with Gasteiger partial charge in [0.25, 0.3) is 0 Å². The first-order valence-corrected chi connectivity index (χ1v) is 7.69. The number of benzene rings is 1. The van der Waals surface area contributed by atoms with Crippen molar-refractivity contribution in [1.29, 1.82) is 0 Å². The average molecular weight is 273 g/mol. The van der Waals surface area contributed by atoms with Crippen LogP contribution in [0.3, 0.4) is 0 Å². The topological polar surface area (TPSA) is 12.0 Å². The van der Waals surface area contributed by atoms with Gasteiger partial charge >= 0.3 is 0 Å². The molecule has 0 saturated carbocycles. The van der Waals surface area contributed by atoms with Gasteiger partial charge in [-0.25, -0.2) is 0 Å². The third-order valence-electron chi connectivity index (χ3n) is 3.23. The molecule has 18 heavy (non-hydrogen) atoms. The van der Waals surface area contributed by atoms with Gasteiger partial charge in [0.05, 0.1) is 6.04 Å². The first kappa shape index (κ1) is 11.9. The second-order valence-corrected chi connectivity index (χ2v) is 6.44. The molecule has 0 radical (unpaired) electrons. The summed E-state index contributed by atoms with van der Waals surface area (Å²) in [6, 6.07) is 13.4. The zero-order valence-corrected chi connectivity index (χ0v) is 12.1. The SMILES string of the molecule is CNC(c1cc2sccc2s1)c1ccccc1C. The van der Waals surface area contributed by atoms with E-state index in [0.717, 1.165) is 0 Å². The molecule has 2 aromatic heterocycles. The van der Waals surface area contributed by atoms with Crippen molar-refractivity contribution in [3.63, 3.8) is 0 Å². The van der Waals surface area contributed by atoms with Gasteiger partial charge in [0.1, 0.15) is 0 Å². The Morgan fingerprint density at radius 2 is 1.94 bits per heavy atom.